The summed E-state index contributed by atoms with van der Waals surface area (Å²) in [5.41, 5.74) is 6.83. The van der Waals surface area contributed by atoms with Gasteiger partial charge in [0.1, 0.15) is 6.61 Å². The van der Waals surface area contributed by atoms with Gasteiger partial charge in [-0.3, -0.25) is 19.2 Å². The van der Waals surface area contributed by atoms with Gasteiger partial charge in [-0.15, -0.1) is 0 Å². The number of nitrogens with one attached hydrogen (secondary N) is 4. The summed E-state index contributed by atoms with van der Waals surface area (Å²) in [6.07, 6.45) is 2.07. The number of unbranched alkanes of at least 4 members (excludes halogenated alkanes) is 1. The molecule has 2 atom stereocenters. The second-order valence-corrected chi connectivity index (χ2v) is 8.36. The Labute approximate surface area is 213 Å². The summed E-state index contributed by atoms with van der Waals surface area (Å²) in [7, 11) is 1.84. The van der Waals surface area contributed by atoms with E-state index in [9.17, 15) is 19.2 Å². The molecular weight excluding hydrogens is 466 g/mol. The fraction of sp³-hybridized carbons (Fsp3) is 0.600. The molecule has 0 fully saturated rings. The van der Waals surface area contributed by atoms with Crippen molar-refractivity contribution in [2.24, 2.45) is 5.73 Å². The quantitative estimate of drug-likeness (QED) is 0.145. The first kappa shape index (κ1) is 31.2. The minimum atomic E-state index is -0.771. The van der Waals surface area contributed by atoms with Gasteiger partial charge in [-0.1, -0.05) is 30.3 Å². The van der Waals surface area contributed by atoms with Crippen LogP contribution in [0.5, 0.6) is 0 Å². The van der Waals surface area contributed by atoms with Gasteiger partial charge in [0, 0.05) is 13.1 Å². The smallest absolute Gasteiger partial charge is 0.245 e. The van der Waals surface area contributed by atoms with Crippen molar-refractivity contribution < 1.29 is 28.7 Å². The average molecular weight is 508 g/mol. The third-order valence-electron chi connectivity index (χ3n) is 5.23. The SMILES string of the molecule is CNCCOCCOCC(=O)NCCCC[C@H](N)C(=O)NCC(=O)N[C@@H](Cc1ccccc1)C(C)=O. The van der Waals surface area contributed by atoms with Crippen molar-refractivity contribution in [1.82, 2.24) is 21.3 Å². The van der Waals surface area contributed by atoms with Crippen molar-refractivity contribution in [2.75, 3.05) is 53.1 Å². The Kier molecular flexibility index (Phi) is 16.7. The number of rotatable bonds is 20. The number of nitrogens with two attached hydrogens (primary N) is 1. The van der Waals surface area contributed by atoms with Gasteiger partial charge in [0.25, 0.3) is 0 Å². The van der Waals surface area contributed by atoms with Crippen LogP contribution in [0.3, 0.4) is 0 Å². The van der Waals surface area contributed by atoms with Crippen molar-refractivity contribution in [3.63, 3.8) is 0 Å². The van der Waals surface area contributed by atoms with Crippen molar-refractivity contribution in [2.45, 2.75) is 44.7 Å². The van der Waals surface area contributed by atoms with Gasteiger partial charge in [0.05, 0.1) is 38.4 Å². The molecule has 1 rings (SSSR count). The van der Waals surface area contributed by atoms with Crippen molar-refractivity contribution in [3.8, 4) is 0 Å². The Morgan fingerprint density at radius 2 is 1.64 bits per heavy atom. The summed E-state index contributed by atoms with van der Waals surface area (Å²) in [4.78, 5) is 48.0. The fourth-order valence-corrected chi connectivity index (χ4v) is 3.15. The Bertz CT molecular complexity index is 792. The molecule has 11 heteroatoms. The van der Waals surface area contributed by atoms with Gasteiger partial charge < -0.3 is 36.5 Å². The van der Waals surface area contributed by atoms with Crippen molar-refractivity contribution in [1.29, 1.82) is 0 Å². The van der Waals surface area contributed by atoms with Crippen LogP contribution in [0.2, 0.25) is 0 Å². The number of Topliss-reactive ketones (excluding diaryl/α,β-unsaturated/α-hetero) is 1. The highest BCUT2D eigenvalue weighted by Crippen LogP contribution is 2.04. The molecule has 0 saturated heterocycles. The summed E-state index contributed by atoms with van der Waals surface area (Å²) in [6, 6.07) is 7.93. The first-order chi connectivity index (χ1) is 17.3. The topological polar surface area (TPSA) is 161 Å². The molecule has 0 aliphatic carbocycles. The van der Waals surface area contributed by atoms with Crippen LogP contribution in [0.1, 0.15) is 31.7 Å². The van der Waals surface area contributed by atoms with E-state index in [-0.39, 0.29) is 24.8 Å². The molecule has 11 nitrogen and oxygen atoms in total. The summed E-state index contributed by atoms with van der Waals surface area (Å²) >= 11 is 0. The number of carbonyl (C=O) groups excluding carboxylic acids is 4. The Morgan fingerprint density at radius 1 is 0.917 bits per heavy atom. The van der Waals surface area contributed by atoms with E-state index in [4.69, 9.17) is 15.2 Å². The van der Waals surface area contributed by atoms with Crippen molar-refractivity contribution >= 4 is 23.5 Å². The summed E-state index contributed by atoms with van der Waals surface area (Å²) in [5, 5.41) is 10.9. The largest absolute Gasteiger partial charge is 0.378 e. The molecule has 3 amide bonds. The zero-order valence-corrected chi connectivity index (χ0v) is 21.3. The summed E-state index contributed by atoms with van der Waals surface area (Å²) in [6.45, 7) is 3.71. The van der Waals surface area contributed by atoms with Gasteiger partial charge in [0.2, 0.25) is 17.7 Å². The molecular formula is C25H41N5O6. The molecule has 0 aromatic heterocycles. The molecule has 0 aliphatic rings. The zero-order valence-electron chi connectivity index (χ0n) is 21.3. The number of likely N-dealkylation sites (N-methyl/N-ethyl adjacent to an activating group) is 1. The van der Waals surface area contributed by atoms with E-state index in [1.165, 1.54) is 6.92 Å². The lowest BCUT2D eigenvalue weighted by molar-refractivity contribution is -0.128. The number of amides is 3. The van der Waals surface area contributed by atoms with E-state index in [1.807, 2.05) is 37.4 Å². The van der Waals surface area contributed by atoms with E-state index < -0.39 is 23.9 Å². The highest BCUT2D eigenvalue weighted by Gasteiger charge is 2.19. The minimum Gasteiger partial charge on any atom is -0.378 e. The normalized spacial score (nSPS) is 12.4. The van der Waals surface area contributed by atoms with Crippen LogP contribution in [0.25, 0.3) is 0 Å². The third-order valence-corrected chi connectivity index (χ3v) is 5.23. The maximum absolute atomic E-state index is 12.2. The number of benzene rings is 1. The number of hydrogen-bond acceptors (Lipinski definition) is 8. The molecule has 1 aromatic carbocycles. The number of carbonyl (C=O) groups is 4. The Balaban J connectivity index is 2.13. The van der Waals surface area contributed by atoms with E-state index in [1.54, 1.807) is 0 Å². The van der Waals surface area contributed by atoms with Gasteiger partial charge in [-0.05, 0) is 45.2 Å². The lowest BCUT2D eigenvalue weighted by atomic mass is 10.0. The highest BCUT2D eigenvalue weighted by molar-refractivity contribution is 5.91. The summed E-state index contributed by atoms with van der Waals surface area (Å²) in [5.74, 6) is -1.28. The molecule has 0 radical (unpaired) electrons. The van der Waals surface area contributed by atoms with E-state index in [0.29, 0.717) is 52.0 Å². The van der Waals surface area contributed by atoms with Gasteiger partial charge in [0.15, 0.2) is 5.78 Å². The molecule has 0 unspecified atom stereocenters. The van der Waals surface area contributed by atoms with E-state index in [0.717, 1.165) is 12.1 Å². The fourth-order valence-electron chi connectivity index (χ4n) is 3.15. The maximum Gasteiger partial charge on any atom is 0.245 e. The Hall–Kier alpha value is -2.86. The monoisotopic (exact) mass is 507 g/mol. The molecule has 0 aliphatic heterocycles. The average Bonchev–Trinajstić information content (AvgIpc) is 2.86. The lowest BCUT2D eigenvalue weighted by Crippen LogP contribution is -2.48. The lowest BCUT2D eigenvalue weighted by Gasteiger charge is -2.17. The van der Waals surface area contributed by atoms with Crippen molar-refractivity contribution in [3.05, 3.63) is 35.9 Å². The van der Waals surface area contributed by atoms with Crippen LogP contribution in [-0.4, -0.2) is 88.7 Å². The third kappa shape index (κ3) is 15.2. The van der Waals surface area contributed by atoms with Crippen LogP contribution < -0.4 is 27.0 Å². The molecule has 36 heavy (non-hydrogen) atoms. The number of ether oxygens (including phenoxy) is 2. The number of ketones is 1. The molecule has 0 saturated carbocycles. The summed E-state index contributed by atoms with van der Waals surface area (Å²) < 4.78 is 10.5. The predicted molar refractivity (Wildman–Crippen MR) is 136 cm³/mol. The second kappa shape index (κ2) is 19.3. The molecule has 6 N–H and O–H groups in total. The van der Waals surface area contributed by atoms with Crippen LogP contribution in [0, 0.1) is 0 Å². The second-order valence-electron chi connectivity index (χ2n) is 8.36. The Morgan fingerprint density at radius 3 is 2.33 bits per heavy atom. The van der Waals surface area contributed by atoms with Crippen LogP contribution >= 0.6 is 0 Å². The minimum absolute atomic E-state index is 0.0325. The van der Waals surface area contributed by atoms with Gasteiger partial charge in [-0.25, -0.2) is 0 Å². The molecule has 0 heterocycles. The first-order valence-corrected chi connectivity index (χ1v) is 12.3. The molecule has 1 aromatic rings. The van der Waals surface area contributed by atoms with E-state index in [2.05, 4.69) is 21.3 Å². The standard InChI is InChI=1S/C25H41N5O6/c1-19(31)22(16-20-8-4-3-5-9-20)30-23(32)17-29-25(34)21(26)10-6-7-11-28-24(33)18-36-15-14-35-13-12-27-2/h3-5,8-9,21-22,27H,6-7,10-18,26H2,1-2H3,(H,28,33)(H,29,34)(H,30,32)/t21-,22-/m0/s1. The van der Waals surface area contributed by atoms with Crippen LogP contribution in [0.4, 0.5) is 0 Å². The zero-order chi connectivity index (χ0) is 26.6. The molecule has 202 valence electrons. The molecule has 0 bridgehead atoms. The van der Waals surface area contributed by atoms with Crippen LogP contribution in [-0.2, 0) is 35.1 Å². The maximum atomic E-state index is 12.2. The van der Waals surface area contributed by atoms with E-state index >= 15 is 0 Å². The first-order valence-electron chi connectivity index (χ1n) is 12.3. The highest BCUT2D eigenvalue weighted by atomic mass is 16.5. The van der Waals surface area contributed by atoms with Gasteiger partial charge in [-0.2, -0.15) is 0 Å². The molecule has 0 spiro atoms. The number of hydrogen-bond donors (Lipinski definition) is 5. The van der Waals surface area contributed by atoms with Crippen LogP contribution in [0.15, 0.2) is 30.3 Å². The predicted octanol–water partition coefficient (Wildman–Crippen LogP) is -0.714. The van der Waals surface area contributed by atoms with Gasteiger partial charge >= 0.3 is 0 Å².